The van der Waals surface area contributed by atoms with Gasteiger partial charge >= 0.3 is 0 Å². The Kier molecular flexibility index (Phi) is 5.14. The Morgan fingerprint density at radius 2 is 2.04 bits per heavy atom. The summed E-state index contributed by atoms with van der Waals surface area (Å²) in [6.45, 7) is 2.85. The standard InChI is InChI=1S/C15H18N4O3S/c20-23(21)9-3-13-10-14(19-5-7-22-8-6-19)18-15(17-13)12-2-1-4-16-11-12/h1-2,4,10-11,23H,3,5-9H2. The molecule has 2 aromatic heterocycles. The maximum absolute atomic E-state index is 10.9. The van der Waals surface area contributed by atoms with Crippen molar-refractivity contribution in [2.24, 2.45) is 0 Å². The van der Waals surface area contributed by atoms with E-state index in [-0.39, 0.29) is 5.75 Å². The number of aryl methyl sites for hydroxylation is 1. The minimum Gasteiger partial charge on any atom is -0.378 e. The zero-order valence-corrected chi connectivity index (χ0v) is 13.5. The fourth-order valence-corrected chi connectivity index (χ4v) is 2.81. The molecule has 122 valence electrons. The quantitative estimate of drug-likeness (QED) is 0.798. The summed E-state index contributed by atoms with van der Waals surface area (Å²) in [4.78, 5) is 15.3. The van der Waals surface area contributed by atoms with Crippen molar-refractivity contribution in [3.63, 3.8) is 0 Å². The van der Waals surface area contributed by atoms with Crippen molar-refractivity contribution in [2.45, 2.75) is 6.42 Å². The van der Waals surface area contributed by atoms with Gasteiger partial charge in [0.15, 0.2) is 5.82 Å². The fourth-order valence-electron chi connectivity index (χ4n) is 2.40. The van der Waals surface area contributed by atoms with Gasteiger partial charge in [0.1, 0.15) is 16.5 Å². The van der Waals surface area contributed by atoms with E-state index in [1.807, 2.05) is 18.2 Å². The lowest BCUT2D eigenvalue weighted by Gasteiger charge is -2.28. The van der Waals surface area contributed by atoms with Gasteiger partial charge in [0.25, 0.3) is 0 Å². The summed E-state index contributed by atoms with van der Waals surface area (Å²) in [6.07, 6.45) is 3.78. The first-order valence-corrected chi connectivity index (χ1v) is 8.81. The van der Waals surface area contributed by atoms with Crippen LogP contribution in [0.5, 0.6) is 0 Å². The Morgan fingerprint density at radius 1 is 1.22 bits per heavy atom. The lowest BCUT2D eigenvalue weighted by Crippen LogP contribution is -2.37. The lowest BCUT2D eigenvalue weighted by molar-refractivity contribution is 0.122. The number of ether oxygens (including phenoxy) is 1. The molecule has 0 aromatic carbocycles. The van der Waals surface area contributed by atoms with Crippen LogP contribution in [0.1, 0.15) is 5.69 Å². The second-order valence-electron chi connectivity index (χ2n) is 5.19. The highest BCUT2D eigenvalue weighted by atomic mass is 32.2. The molecule has 2 aromatic rings. The summed E-state index contributed by atoms with van der Waals surface area (Å²) in [6, 6.07) is 5.58. The maximum atomic E-state index is 10.9. The van der Waals surface area contributed by atoms with Gasteiger partial charge in [-0.15, -0.1) is 0 Å². The molecule has 0 aliphatic carbocycles. The predicted octanol–water partition coefficient (Wildman–Crippen LogP) is 0.529. The second-order valence-corrected chi connectivity index (χ2v) is 6.30. The molecule has 0 amide bonds. The Morgan fingerprint density at radius 3 is 2.74 bits per heavy atom. The third-order valence-electron chi connectivity index (χ3n) is 3.57. The number of hydrogen-bond donors (Lipinski definition) is 1. The smallest absolute Gasteiger partial charge is 0.163 e. The number of rotatable bonds is 5. The number of aromatic nitrogens is 3. The highest BCUT2D eigenvalue weighted by Gasteiger charge is 2.15. The third kappa shape index (κ3) is 4.23. The zero-order valence-electron chi connectivity index (χ0n) is 12.6. The highest BCUT2D eigenvalue weighted by Crippen LogP contribution is 2.20. The first-order chi connectivity index (χ1) is 11.2. The van der Waals surface area contributed by atoms with Gasteiger partial charge in [-0.3, -0.25) is 4.98 Å². The molecule has 8 heteroatoms. The molecule has 1 saturated heterocycles. The first kappa shape index (κ1) is 15.8. The van der Waals surface area contributed by atoms with Crippen molar-refractivity contribution in [1.29, 1.82) is 0 Å². The van der Waals surface area contributed by atoms with Crippen molar-refractivity contribution < 1.29 is 13.2 Å². The van der Waals surface area contributed by atoms with Crippen LogP contribution in [0.25, 0.3) is 11.4 Å². The summed E-state index contributed by atoms with van der Waals surface area (Å²) in [7, 11) is -2.42. The Hall–Kier alpha value is -2.06. The van der Waals surface area contributed by atoms with E-state index < -0.39 is 10.7 Å². The van der Waals surface area contributed by atoms with Gasteiger partial charge in [0.05, 0.1) is 19.0 Å². The van der Waals surface area contributed by atoms with E-state index in [2.05, 4.69) is 19.9 Å². The lowest BCUT2D eigenvalue weighted by atomic mass is 10.2. The van der Waals surface area contributed by atoms with Gasteiger partial charge in [-0.2, -0.15) is 0 Å². The average Bonchev–Trinajstić information content (AvgIpc) is 2.61. The van der Waals surface area contributed by atoms with Crippen molar-refractivity contribution in [3.8, 4) is 11.4 Å². The number of hydrogen-bond acceptors (Lipinski definition) is 7. The topological polar surface area (TPSA) is 85.3 Å². The van der Waals surface area contributed by atoms with Crippen molar-refractivity contribution >= 4 is 16.5 Å². The van der Waals surface area contributed by atoms with Crippen molar-refractivity contribution in [2.75, 3.05) is 37.0 Å². The normalized spacial score (nSPS) is 15.1. The molecule has 1 aliphatic heterocycles. The van der Waals surface area contributed by atoms with Gasteiger partial charge in [0, 0.05) is 49.2 Å². The molecule has 7 nitrogen and oxygen atoms in total. The number of thiol groups is 1. The summed E-state index contributed by atoms with van der Waals surface area (Å²) >= 11 is 0. The van der Waals surface area contributed by atoms with Crippen LogP contribution >= 0.6 is 0 Å². The summed E-state index contributed by atoms with van der Waals surface area (Å²) in [5.74, 6) is 1.46. The van der Waals surface area contributed by atoms with Gasteiger partial charge in [-0.05, 0) is 12.1 Å². The Balaban J connectivity index is 1.95. The van der Waals surface area contributed by atoms with Crippen LogP contribution < -0.4 is 4.90 Å². The maximum Gasteiger partial charge on any atom is 0.163 e. The highest BCUT2D eigenvalue weighted by molar-refractivity contribution is 7.72. The van der Waals surface area contributed by atoms with E-state index in [9.17, 15) is 8.42 Å². The van der Waals surface area contributed by atoms with Crippen molar-refractivity contribution in [3.05, 3.63) is 36.3 Å². The van der Waals surface area contributed by atoms with E-state index in [1.165, 1.54) is 0 Å². The zero-order chi connectivity index (χ0) is 16.1. The fraction of sp³-hybridized carbons (Fsp3) is 0.400. The molecule has 1 fully saturated rings. The van der Waals surface area contributed by atoms with Gasteiger partial charge < -0.3 is 9.64 Å². The van der Waals surface area contributed by atoms with E-state index >= 15 is 0 Å². The average molecular weight is 334 g/mol. The molecule has 3 heterocycles. The molecule has 3 rings (SSSR count). The molecule has 0 saturated carbocycles. The summed E-state index contributed by atoms with van der Waals surface area (Å²) in [5, 5.41) is 0. The molecular formula is C15H18N4O3S. The van der Waals surface area contributed by atoms with E-state index in [1.54, 1.807) is 12.4 Å². The minimum atomic E-state index is -2.42. The molecule has 0 unspecified atom stereocenters. The van der Waals surface area contributed by atoms with Crippen molar-refractivity contribution in [1.82, 2.24) is 15.0 Å². The largest absolute Gasteiger partial charge is 0.378 e. The van der Waals surface area contributed by atoms with Gasteiger partial charge in [-0.25, -0.2) is 18.4 Å². The SMILES string of the molecule is O=[SH](=O)CCc1cc(N2CCOCC2)nc(-c2cccnc2)n1. The summed E-state index contributed by atoms with van der Waals surface area (Å²) in [5.41, 5.74) is 1.54. The Labute approximate surface area is 136 Å². The molecule has 0 N–H and O–H groups in total. The second kappa shape index (κ2) is 7.47. The number of nitrogens with zero attached hydrogens (tertiary/aromatic N) is 4. The monoisotopic (exact) mass is 334 g/mol. The van der Waals surface area contributed by atoms with E-state index in [0.717, 1.165) is 30.2 Å². The van der Waals surface area contributed by atoms with E-state index in [0.29, 0.717) is 25.5 Å². The Bertz CT molecular complexity index is 723. The van der Waals surface area contributed by atoms with Crippen LogP contribution in [0.2, 0.25) is 0 Å². The van der Waals surface area contributed by atoms with Crippen LogP contribution in [-0.2, 0) is 21.9 Å². The van der Waals surface area contributed by atoms with E-state index in [4.69, 9.17) is 4.74 Å². The molecule has 23 heavy (non-hydrogen) atoms. The van der Waals surface area contributed by atoms with Crippen LogP contribution in [0.3, 0.4) is 0 Å². The molecule has 0 radical (unpaired) electrons. The molecule has 0 atom stereocenters. The third-order valence-corrected chi connectivity index (χ3v) is 4.16. The van der Waals surface area contributed by atoms with Crippen LogP contribution in [0.4, 0.5) is 5.82 Å². The minimum absolute atomic E-state index is 0.0847. The summed E-state index contributed by atoms with van der Waals surface area (Å²) < 4.78 is 27.1. The number of pyridine rings is 1. The van der Waals surface area contributed by atoms with Crippen LogP contribution in [0.15, 0.2) is 30.6 Å². The first-order valence-electron chi connectivity index (χ1n) is 7.45. The number of morpholine rings is 1. The predicted molar refractivity (Wildman–Crippen MR) is 87.2 cm³/mol. The number of anilines is 1. The molecule has 0 spiro atoms. The molecule has 1 aliphatic rings. The molecular weight excluding hydrogens is 316 g/mol. The van der Waals surface area contributed by atoms with Crippen LogP contribution in [0, 0.1) is 0 Å². The van der Waals surface area contributed by atoms with Crippen LogP contribution in [-0.4, -0.2) is 55.4 Å². The van der Waals surface area contributed by atoms with Gasteiger partial charge in [-0.1, -0.05) is 0 Å². The van der Waals surface area contributed by atoms with Gasteiger partial charge in [0.2, 0.25) is 0 Å². The molecule has 0 bridgehead atoms.